The molecule has 1 atom stereocenters. The minimum absolute atomic E-state index is 0.108. The molecule has 0 aliphatic heterocycles. The van der Waals surface area contributed by atoms with Gasteiger partial charge in [-0.3, -0.25) is 24.4 Å². The summed E-state index contributed by atoms with van der Waals surface area (Å²) in [5, 5.41) is 19.3. The third-order valence-corrected chi connectivity index (χ3v) is 4.20. The number of hydrogen-bond donors (Lipinski definition) is 2. The molecule has 0 spiro atoms. The summed E-state index contributed by atoms with van der Waals surface area (Å²) in [6.45, 7) is 6.13. The summed E-state index contributed by atoms with van der Waals surface area (Å²) in [4.78, 5) is 33.7. The quantitative estimate of drug-likeness (QED) is 0.386. The summed E-state index contributed by atoms with van der Waals surface area (Å²) >= 11 is 0. The van der Waals surface area contributed by atoms with Crippen molar-refractivity contribution in [3.63, 3.8) is 0 Å². The number of carbonyl (C=O) groups excluding carboxylic acids is 2. The van der Waals surface area contributed by atoms with Gasteiger partial charge in [0.25, 0.3) is 11.8 Å². The number of amides is 2. The number of nitrogens with zero attached hydrogens (tertiary/aromatic N) is 4. The molecule has 0 radical (unpaired) electrons. The van der Waals surface area contributed by atoms with Gasteiger partial charge >= 0.3 is 5.69 Å². The van der Waals surface area contributed by atoms with Crippen LogP contribution < -0.4 is 15.9 Å². The molecule has 0 saturated heterocycles. The Morgan fingerprint density at radius 2 is 1.97 bits per heavy atom. The van der Waals surface area contributed by atoms with Gasteiger partial charge in [-0.2, -0.15) is 10.2 Å². The van der Waals surface area contributed by atoms with Gasteiger partial charge in [-0.05, 0) is 57.5 Å². The van der Waals surface area contributed by atoms with Crippen LogP contribution in [0.3, 0.4) is 0 Å². The Morgan fingerprint density at radius 1 is 1.34 bits per heavy atom. The predicted molar refractivity (Wildman–Crippen MR) is 105 cm³/mol. The molecule has 2 rings (SSSR count). The molecule has 1 heterocycles. The zero-order chi connectivity index (χ0) is 21.7. The third-order valence-electron chi connectivity index (χ3n) is 4.20. The van der Waals surface area contributed by atoms with Gasteiger partial charge in [-0.25, -0.2) is 5.43 Å². The first-order valence-electron chi connectivity index (χ1n) is 8.67. The number of nitrogens with one attached hydrogen (secondary N) is 1. The summed E-state index contributed by atoms with van der Waals surface area (Å²) in [6, 6.07) is 5.95. The van der Waals surface area contributed by atoms with Crippen LogP contribution in [0, 0.1) is 24.0 Å². The zero-order valence-electron chi connectivity index (χ0n) is 16.5. The van der Waals surface area contributed by atoms with Crippen molar-refractivity contribution in [3.8, 4) is 5.75 Å². The Bertz CT molecular complexity index is 964. The van der Waals surface area contributed by atoms with Gasteiger partial charge in [0, 0.05) is 0 Å². The van der Waals surface area contributed by atoms with Crippen molar-refractivity contribution in [3.05, 3.63) is 51.3 Å². The summed E-state index contributed by atoms with van der Waals surface area (Å²) < 4.78 is 6.48. The molecule has 11 nitrogen and oxygen atoms in total. The van der Waals surface area contributed by atoms with Crippen molar-refractivity contribution < 1.29 is 19.2 Å². The molecule has 1 aromatic heterocycles. The van der Waals surface area contributed by atoms with Crippen molar-refractivity contribution >= 4 is 23.2 Å². The molecule has 0 aliphatic carbocycles. The lowest BCUT2D eigenvalue weighted by Crippen LogP contribution is -2.29. The van der Waals surface area contributed by atoms with Gasteiger partial charge in [0.15, 0.2) is 6.61 Å². The van der Waals surface area contributed by atoms with Crippen molar-refractivity contribution in [1.82, 2.24) is 15.2 Å². The van der Waals surface area contributed by atoms with Crippen LogP contribution in [0.5, 0.6) is 5.75 Å². The predicted octanol–water partition coefficient (Wildman–Crippen LogP) is 1.37. The molecule has 0 bridgehead atoms. The second kappa shape index (κ2) is 8.95. The van der Waals surface area contributed by atoms with E-state index in [4.69, 9.17) is 10.5 Å². The Kier molecular flexibility index (Phi) is 6.65. The Hall–Kier alpha value is -3.76. The molecule has 0 unspecified atom stereocenters. The van der Waals surface area contributed by atoms with E-state index in [1.165, 1.54) is 18.5 Å². The number of hydrazone groups is 1. The van der Waals surface area contributed by atoms with E-state index in [2.05, 4.69) is 15.6 Å². The minimum Gasteiger partial charge on any atom is -0.484 e. The second-order valence-electron chi connectivity index (χ2n) is 6.35. The van der Waals surface area contributed by atoms with Crippen molar-refractivity contribution in [2.45, 2.75) is 33.7 Å². The number of rotatable bonds is 8. The van der Waals surface area contributed by atoms with Crippen LogP contribution in [0.2, 0.25) is 0 Å². The summed E-state index contributed by atoms with van der Waals surface area (Å²) in [6.07, 6.45) is 0. The van der Waals surface area contributed by atoms with E-state index < -0.39 is 22.8 Å². The molecular formula is C18H22N6O5. The average molecular weight is 402 g/mol. The first kappa shape index (κ1) is 21.5. The van der Waals surface area contributed by atoms with Crippen molar-refractivity contribution in [2.24, 2.45) is 10.8 Å². The maximum atomic E-state index is 12.4. The number of primary amides is 1. The fourth-order valence-electron chi connectivity index (χ4n) is 2.65. The lowest BCUT2D eigenvalue weighted by atomic mass is 10.1. The minimum atomic E-state index is -0.788. The highest BCUT2D eigenvalue weighted by Crippen LogP contribution is 2.24. The SMILES string of the molecule is C/C(=N\NC(=O)[C@@H](C)n1nc(C)c([N+](=O)[O-])c1C)c1ccc(OCC(N)=O)cc1. The number of aromatic nitrogens is 2. The molecule has 2 aromatic rings. The van der Waals surface area contributed by atoms with Crippen LogP contribution in [0.4, 0.5) is 5.69 Å². The smallest absolute Gasteiger partial charge is 0.312 e. The van der Waals surface area contributed by atoms with E-state index in [0.717, 1.165) is 5.56 Å². The molecule has 0 fully saturated rings. The summed E-state index contributed by atoms with van der Waals surface area (Å²) in [7, 11) is 0. The molecule has 2 amide bonds. The Balaban J connectivity index is 2.07. The fraction of sp³-hybridized carbons (Fsp3) is 0.333. The van der Waals surface area contributed by atoms with Crippen LogP contribution in [0.25, 0.3) is 0 Å². The van der Waals surface area contributed by atoms with Gasteiger partial charge in [0.1, 0.15) is 23.2 Å². The van der Waals surface area contributed by atoms with Gasteiger partial charge in [-0.1, -0.05) is 0 Å². The standard InChI is InChI=1S/C18H22N6O5/c1-10(14-5-7-15(8-6-14)29-9-16(19)25)20-21-18(26)13(4)23-12(3)17(24(27)28)11(2)22-23/h5-8,13H,9H2,1-4H3,(H2,19,25)(H,21,26)/b20-10+/t13-/m1/s1. The average Bonchev–Trinajstić information content (AvgIpc) is 2.98. The van der Waals surface area contributed by atoms with Crippen molar-refractivity contribution in [1.29, 1.82) is 0 Å². The topological polar surface area (TPSA) is 155 Å². The van der Waals surface area contributed by atoms with Crippen LogP contribution in [0.15, 0.2) is 29.4 Å². The van der Waals surface area contributed by atoms with E-state index in [-0.39, 0.29) is 18.0 Å². The highest BCUT2D eigenvalue weighted by Gasteiger charge is 2.26. The van der Waals surface area contributed by atoms with Gasteiger partial charge in [0.2, 0.25) is 0 Å². The molecule has 3 N–H and O–H groups in total. The number of ether oxygens (including phenoxy) is 1. The van der Waals surface area contributed by atoms with Crippen LogP contribution in [-0.4, -0.2) is 38.8 Å². The third kappa shape index (κ3) is 5.15. The van der Waals surface area contributed by atoms with E-state index in [9.17, 15) is 19.7 Å². The maximum Gasteiger partial charge on any atom is 0.312 e. The number of aryl methyl sites for hydroxylation is 1. The zero-order valence-corrected chi connectivity index (χ0v) is 16.5. The molecule has 0 aliphatic rings. The number of carbonyl (C=O) groups is 2. The summed E-state index contributed by atoms with van der Waals surface area (Å²) in [5.74, 6) is -0.563. The fourth-order valence-corrected chi connectivity index (χ4v) is 2.65. The van der Waals surface area contributed by atoms with E-state index in [0.29, 0.717) is 17.2 Å². The largest absolute Gasteiger partial charge is 0.484 e. The lowest BCUT2D eigenvalue weighted by Gasteiger charge is -2.12. The number of nitro groups is 1. The van der Waals surface area contributed by atoms with Crippen LogP contribution >= 0.6 is 0 Å². The Morgan fingerprint density at radius 3 is 2.48 bits per heavy atom. The number of benzene rings is 1. The first-order valence-corrected chi connectivity index (χ1v) is 8.67. The normalized spacial score (nSPS) is 12.3. The van der Waals surface area contributed by atoms with E-state index in [1.807, 2.05) is 0 Å². The molecule has 0 saturated carbocycles. The van der Waals surface area contributed by atoms with Crippen molar-refractivity contribution in [2.75, 3.05) is 6.61 Å². The van der Waals surface area contributed by atoms with Gasteiger partial charge in [-0.15, -0.1) is 0 Å². The highest BCUT2D eigenvalue weighted by molar-refractivity contribution is 5.99. The molecule has 154 valence electrons. The molecule has 11 heteroatoms. The lowest BCUT2D eigenvalue weighted by molar-refractivity contribution is -0.386. The number of nitrogens with two attached hydrogens (primary N) is 1. The molecular weight excluding hydrogens is 380 g/mol. The highest BCUT2D eigenvalue weighted by atomic mass is 16.6. The van der Waals surface area contributed by atoms with E-state index >= 15 is 0 Å². The van der Waals surface area contributed by atoms with Gasteiger partial charge < -0.3 is 10.5 Å². The monoisotopic (exact) mass is 402 g/mol. The van der Waals surface area contributed by atoms with Crippen LogP contribution in [0.1, 0.15) is 36.8 Å². The maximum absolute atomic E-state index is 12.4. The first-order chi connectivity index (χ1) is 13.6. The molecule has 1 aromatic carbocycles. The summed E-state index contributed by atoms with van der Waals surface area (Å²) in [5.41, 5.74) is 9.16. The number of hydrogen-bond acceptors (Lipinski definition) is 7. The Labute approximate surface area is 166 Å². The molecule has 29 heavy (non-hydrogen) atoms. The van der Waals surface area contributed by atoms with Crippen LogP contribution in [-0.2, 0) is 9.59 Å². The van der Waals surface area contributed by atoms with E-state index in [1.54, 1.807) is 38.1 Å². The van der Waals surface area contributed by atoms with Gasteiger partial charge in [0.05, 0.1) is 10.6 Å². The second-order valence-corrected chi connectivity index (χ2v) is 6.35.